The van der Waals surface area contributed by atoms with Gasteiger partial charge in [0.1, 0.15) is 30.1 Å². The average molecular weight is 519 g/mol. The van der Waals surface area contributed by atoms with Crippen LogP contribution in [0.2, 0.25) is 5.02 Å². The van der Waals surface area contributed by atoms with Crippen LogP contribution in [0.5, 0.6) is 5.75 Å². The van der Waals surface area contributed by atoms with Crippen LogP contribution < -0.4 is 10.1 Å². The number of aromatic nitrogens is 1. The van der Waals surface area contributed by atoms with Gasteiger partial charge in [0.05, 0.1) is 25.7 Å². The summed E-state index contributed by atoms with van der Waals surface area (Å²) in [4.78, 5) is 26.4. The maximum Gasteiger partial charge on any atom is 0.262 e. The number of halogens is 1. The number of nitrogens with one attached hydrogen (secondary N) is 1. The first-order valence-electron chi connectivity index (χ1n) is 11.2. The van der Waals surface area contributed by atoms with E-state index in [0.717, 1.165) is 0 Å². The molecule has 0 radical (unpaired) electrons. The fraction of sp³-hybridized carbons (Fsp3) is 0.360. The van der Waals surface area contributed by atoms with Crippen molar-refractivity contribution in [2.24, 2.45) is 0 Å². The second-order valence-electron chi connectivity index (χ2n) is 8.59. The summed E-state index contributed by atoms with van der Waals surface area (Å²) in [7, 11) is 1.51. The molecule has 5 N–H and O–H groups in total. The average Bonchev–Trinajstić information content (AvgIpc) is 3.14. The van der Waals surface area contributed by atoms with Crippen LogP contribution >= 0.6 is 11.6 Å². The zero-order valence-corrected chi connectivity index (χ0v) is 20.3. The quantitative estimate of drug-likeness (QED) is 0.321. The van der Waals surface area contributed by atoms with E-state index in [-0.39, 0.29) is 12.3 Å². The molecule has 2 aromatic carbocycles. The van der Waals surface area contributed by atoms with E-state index >= 15 is 0 Å². The Labute approximate surface area is 211 Å². The molecular formula is C25H27ClN2O8. The van der Waals surface area contributed by atoms with Gasteiger partial charge in [-0.3, -0.25) is 14.2 Å². The van der Waals surface area contributed by atoms with Crippen LogP contribution in [0.4, 0.5) is 0 Å². The van der Waals surface area contributed by atoms with Gasteiger partial charge in [0.15, 0.2) is 6.29 Å². The van der Waals surface area contributed by atoms with Crippen molar-refractivity contribution in [2.75, 3.05) is 13.7 Å². The number of hydrogen-bond acceptors (Lipinski definition) is 8. The van der Waals surface area contributed by atoms with E-state index in [1.165, 1.54) is 11.7 Å². The van der Waals surface area contributed by atoms with Crippen LogP contribution in [0.1, 0.15) is 21.6 Å². The van der Waals surface area contributed by atoms with Crippen molar-refractivity contribution in [3.63, 3.8) is 0 Å². The lowest BCUT2D eigenvalue weighted by Crippen LogP contribution is -2.64. The summed E-state index contributed by atoms with van der Waals surface area (Å²) in [6.07, 6.45) is -6.10. The molecule has 3 aromatic rings. The second-order valence-corrected chi connectivity index (χ2v) is 9.03. The summed E-state index contributed by atoms with van der Waals surface area (Å²) in [6, 6.07) is 10.3. The highest BCUT2D eigenvalue weighted by molar-refractivity contribution is 6.30. The van der Waals surface area contributed by atoms with E-state index in [2.05, 4.69) is 5.32 Å². The normalized spacial score (nSPS) is 24.0. The topological polar surface area (TPSA) is 150 Å². The fourth-order valence-electron chi connectivity index (χ4n) is 4.45. The number of carbonyl (C=O) groups excluding carboxylic acids is 2. The minimum atomic E-state index is -1.64. The highest BCUT2D eigenvalue weighted by Gasteiger charge is 2.44. The number of nitrogens with zero attached hydrogens (tertiary/aromatic N) is 1. The van der Waals surface area contributed by atoms with Crippen LogP contribution in [0.25, 0.3) is 10.9 Å². The van der Waals surface area contributed by atoms with Crippen LogP contribution in [0, 0.1) is 6.92 Å². The summed E-state index contributed by atoms with van der Waals surface area (Å²) in [5, 5.41) is 43.5. The van der Waals surface area contributed by atoms with Gasteiger partial charge in [0, 0.05) is 21.7 Å². The van der Waals surface area contributed by atoms with Gasteiger partial charge in [-0.1, -0.05) is 11.6 Å². The molecule has 1 fully saturated rings. The molecule has 0 aliphatic carbocycles. The fourth-order valence-corrected chi connectivity index (χ4v) is 4.57. The number of benzene rings is 2. The number of ether oxygens (including phenoxy) is 2. The van der Waals surface area contributed by atoms with E-state index in [1.807, 2.05) is 0 Å². The maximum absolute atomic E-state index is 13.4. The summed E-state index contributed by atoms with van der Waals surface area (Å²) >= 11 is 5.96. The van der Waals surface area contributed by atoms with Crippen molar-refractivity contribution in [1.82, 2.24) is 9.88 Å². The summed E-state index contributed by atoms with van der Waals surface area (Å²) in [5.74, 6) is -0.360. The number of rotatable bonds is 6. The predicted octanol–water partition coefficient (Wildman–Crippen LogP) is 0.759. The lowest BCUT2D eigenvalue weighted by molar-refractivity contribution is -0.253. The van der Waals surface area contributed by atoms with E-state index < -0.39 is 43.2 Å². The van der Waals surface area contributed by atoms with Crippen molar-refractivity contribution in [2.45, 2.75) is 44.0 Å². The molecule has 11 heteroatoms. The first-order chi connectivity index (χ1) is 17.2. The molecule has 0 bridgehead atoms. The molecule has 1 saturated heterocycles. The molecular weight excluding hydrogens is 492 g/mol. The number of carbonyl (C=O) groups is 2. The molecule has 5 atom stereocenters. The zero-order chi connectivity index (χ0) is 26.1. The minimum Gasteiger partial charge on any atom is -0.497 e. The Morgan fingerprint density at radius 1 is 1.11 bits per heavy atom. The standard InChI is InChI=1S/C25H27ClN2O8/c1-12-16(10-20(30)27-21-23(32)22(31)19(11-29)36-25(21)34)17-9-15(35-2)7-8-18(17)28(12)24(33)13-3-5-14(26)6-4-13/h3-9,19,21-23,25,29,31-32,34H,10-11H2,1-2H3,(H,27,30)/t19-,21-,22-,23-,25?/m1/s1. The SMILES string of the molecule is COc1ccc2c(c1)c(CC(=O)N[C@H]1C(O)O[C@H](CO)[C@@H](O)[C@@H]1O)c(C)n2C(=O)c1ccc(Cl)cc1. The Morgan fingerprint density at radius 2 is 1.81 bits per heavy atom. The first kappa shape index (κ1) is 26.1. The molecule has 192 valence electrons. The van der Waals surface area contributed by atoms with Crippen LogP contribution in [0.15, 0.2) is 42.5 Å². The number of amides is 1. The highest BCUT2D eigenvalue weighted by atomic mass is 35.5. The van der Waals surface area contributed by atoms with Gasteiger partial charge in [0.2, 0.25) is 5.91 Å². The lowest BCUT2D eigenvalue weighted by atomic mass is 9.96. The predicted molar refractivity (Wildman–Crippen MR) is 130 cm³/mol. The molecule has 1 aliphatic heterocycles. The van der Waals surface area contributed by atoms with Gasteiger partial charge >= 0.3 is 0 Å². The van der Waals surface area contributed by atoms with E-state index in [4.69, 9.17) is 21.1 Å². The molecule has 1 unspecified atom stereocenters. The molecule has 10 nitrogen and oxygen atoms in total. The Balaban J connectivity index is 1.67. The zero-order valence-electron chi connectivity index (χ0n) is 19.6. The smallest absolute Gasteiger partial charge is 0.262 e. The van der Waals surface area contributed by atoms with Gasteiger partial charge in [-0.05, 0) is 55.0 Å². The third kappa shape index (κ3) is 4.83. The number of aliphatic hydroxyl groups is 4. The molecule has 4 rings (SSSR count). The maximum atomic E-state index is 13.4. The molecule has 0 saturated carbocycles. The number of aliphatic hydroxyl groups excluding tert-OH is 4. The summed E-state index contributed by atoms with van der Waals surface area (Å²) < 4.78 is 11.9. The van der Waals surface area contributed by atoms with E-state index in [0.29, 0.717) is 38.5 Å². The minimum absolute atomic E-state index is 0.203. The Kier molecular flexibility index (Phi) is 7.65. The van der Waals surface area contributed by atoms with Crippen LogP contribution in [-0.4, -0.2) is 81.2 Å². The van der Waals surface area contributed by atoms with Gasteiger partial charge < -0.3 is 35.2 Å². The van der Waals surface area contributed by atoms with Gasteiger partial charge in [-0.2, -0.15) is 0 Å². The third-order valence-corrected chi connectivity index (χ3v) is 6.65. The van der Waals surface area contributed by atoms with Crippen molar-refractivity contribution < 1.29 is 39.5 Å². The summed E-state index contributed by atoms with van der Waals surface area (Å²) in [6.45, 7) is 1.10. The van der Waals surface area contributed by atoms with Crippen molar-refractivity contribution >= 4 is 34.3 Å². The molecule has 2 heterocycles. The molecule has 1 aromatic heterocycles. The van der Waals surface area contributed by atoms with E-state index in [9.17, 15) is 30.0 Å². The molecule has 0 spiro atoms. The number of hydrogen-bond donors (Lipinski definition) is 5. The van der Waals surface area contributed by atoms with Gasteiger partial charge in [-0.15, -0.1) is 0 Å². The number of fused-ring (bicyclic) bond motifs is 1. The molecule has 1 aliphatic rings. The molecule has 1 amide bonds. The van der Waals surface area contributed by atoms with Crippen LogP contribution in [-0.2, 0) is 16.0 Å². The van der Waals surface area contributed by atoms with Gasteiger partial charge in [0.25, 0.3) is 5.91 Å². The Hall–Kier alpha value is -2.99. The highest BCUT2D eigenvalue weighted by Crippen LogP contribution is 2.31. The van der Waals surface area contributed by atoms with Crippen molar-refractivity contribution in [3.05, 3.63) is 64.3 Å². The Bertz CT molecular complexity index is 1280. The third-order valence-electron chi connectivity index (χ3n) is 6.40. The van der Waals surface area contributed by atoms with Gasteiger partial charge in [-0.25, -0.2) is 0 Å². The lowest BCUT2D eigenvalue weighted by Gasteiger charge is -2.40. The first-order valence-corrected chi connectivity index (χ1v) is 11.6. The Morgan fingerprint density at radius 3 is 2.44 bits per heavy atom. The molecule has 36 heavy (non-hydrogen) atoms. The van der Waals surface area contributed by atoms with Crippen molar-refractivity contribution in [3.8, 4) is 5.75 Å². The van der Waals surface area contributed by atoms with E-state index in [1.54, 1.807) is 49.4 Å². The van der Waals surface area contributed by atoms with Crippen molar-refractivity contribution in [1.29, 1.82) is 0 Å². The number of methoxy groups -OCH3 is 1. The second kappa shape index (κ2) is 10.6. The largest absolute Gasteiger partial charge is 0.497 e. The monoisotopic (exact) mass is 518 g/mol. The summed E-state index contributed by atoms with van der Waals surface area (Å²) in [5.41, 5.74) is 2.04. The van der Waals surface area contributed by atoms with Crippen LogP contribution in [0.3, 0.4) is 0 Å².